The van der Waals surface area contributed by atoms with Gasteiger partial charge in [0.1, 0.15) is 6.10 Å². The van der Waals surface area contributed by atoms with E-state index in [9.17, 15) is 9.18 Å². The van der Waals surface area contributed by atoms with Crippen molar-refractivity contribution in [1.29, 1.82) is 5.26 Å². The summed E-state index contributed by atoms with van der Waals surface area (Å²) in [5.41, 5.74) is 0.123. The number of piperidine rings is 2. The molecule has 1 aromatic carbocycles. The van der Waals surface area contributed by atoms with Crippen LogP contribution in [0.4, 0.5) is 4.39 Å². The second-order valence-electron chi connectivity index (χ2n) is 7.78. The van der Waals surface area contributed by atoms with Gasteiger partial charge in [-0.05, 0) is 50.6 Å². The number of likely N-dealkylation sites (tertiary alicyclic amines) is 1. The summed E-state index contributed by atoms with van der Waals surface area (Å²) in [4.78, 5) is 17.5. The third kappa shape index (κ3) is 3.16. The van der Waals surface area contributed by atoms with Crippen LogP contribution >= 0.6 is 0 Å². The van der Waals surface area contributed by atoms with Crippen LogP contribution in [0.25, 0.3) is 0 Å². The zero-order chi connectivity index (χ0) is 18.1. The van der Waals surface area contributed by atoms with Gasteiger partial charge in [0.25, 0.3) is 0 Å². The van der Waals surface area contributed by atoms with Crippen LogP contribution in [0.15, 0.2) is 18.2 Å². The van der Waals surface area contributed by atoms with E-state index in [1.54, 1.807) is 6.07 Å². The smallest absolute Gasteiger partial charge is 0.230 e. The highest BCUT2D eigenvalue weighted by molar-refractivity contribution is 5.83. The molecule has 5 nitrogen and oxygen atoms in total. The molecule has 3 heterocycles. The van der Waals surface area contributed by atoms with Crippen molar-refractivity contribution in [3.8, 4) is 11.8 Å². The molecule has 6 heteroatoms. The Morgan fingerprint density at radius 3 is 2.77 bits per heavy atom. The molecule has 0 aliphatic carbocycles. The lowest BCUT2D eigenvalue weighted by Crippen LogP contribution is -2.51. The molecule has 2 atom stereocenters. The summed E-state index contributed by atoms with van der Waals surface area (Å²) >= 11 is 0. The number of nitriles is 1. The van der Waals surface area contributed by atoms with E-state index in [1.165, 1.54) is 12.1 Å². The number of amides is 1. The Morgan fingerprint density at radius 2 is 2.04 bits per heavy atom. The SMILES string of the molecule is N#Cc1ccc(OC2CCN(C(=O)C34CCCN(CC3)C4)CC2)c(F)c1. The molecule has 138 valence electrons. The van der Waals surface area contributed by atoms with Gasteiger partial charge in [-0.2, -0.15) is 5.26 Å². The topological polar surface area (TPSA) is 56.6 Å². The Morgan fingerprint density at radius 1 is 1.23 bits per heavy atom. The Kier molecular flexibility index (Phi) is 4.58. The first-order valence-electron chi connectivity index (χ1n) is 9.48. The lowest BCUT2D eigenvalue weighted by molar-refractivity contribution is -0.144. The van der Waals surface area contributed by atoms with Gasteiger partial charge in [-0.1, -0.05) is 0 Å². The Bertz CT molecular complexity index is 735. The molecule has 3 aliphatic heterocycles. The van der Waals surface area contributed by atoms with E-state index in [4.69, 9.17) is 10.00 Å². The standard InChI is InChI=1S/C20H24FN3O2/c21-17-12-15(13-22)2-3-18(17)26-16-4-9-24(10-5-16)19(25)20-6-1-8-23(14-20)11-7-20/h2-3,12,16H,1,4-11,14H2. The monoisotopic (exact) mass is 357 g/mol. The second kappa shape index (κ2) is 6.88. The zero-order valence-corrected chi connectivity index (χ0v) is 14.9. The van der Waals surface area contributed by atoms with Gasteiger partial charge in [-0.3, -0.25) is 4.79 Å². The molecule has 3 saturated heterocycles. The maximum absolute atomic E-state index is 14.0. The molecule has 1 amide bonds. The highest BCUT2D eigenvalue weighted by Crippen LogP contribution is 2.41. The quantitative estimate of drug-likeness (QED) is 0.834. The summed E-state index contributed by atoms with van der Waals surface area (Å²) < 4.78 is 19.8. The van der Waals surface area contributed by atoms with Crippen molar-refractivity contribution < 1.29 is 13.9 Å². The molecular formula is C20H24FN3O2. The molecule has 26 heavy (non-hydrogen) atoms. The first-order valence-corrected chi connectivity index (χ1v) is 9.48. The second-order valence-corrected chi connectivity index (χ2v) is 7.78. The average molecular weight is 357 g/mol. The lowest BCUT2D eigenvalue weighted by Gasteiger charge is -2.40. The van der Waals surface area contributed by atoms with Crippen molar-refractivity contribution in [3.63, 3.8) is 0 Å². The van der Waals surface area contributed by atoms with E-state index in [2.05, 4.69) is 4.90 Å². The minimum atomic E-state index is -0.505. The Hall–Kier alpha value is -2.13. The van der Waals surface area contributed by atoms with Crippen LogP contribution in [0.3, 0.4) is 0 Å². The van der Waals surface area contributed by atoms with Crippen LogP contribution in [-0.2, 0) is 4.79 Å². The summed E-state index contributed by atoms with van der Waals surface area (Å²) in [6.45, 7) is 4.43. The largest absolute Gasteiger partial charge is 0.487 e. The number of rotatable bonds is 3. The Balaban J connectivity index is 1.34. The fraction of sp³-hybridized carbons (Fsp3) is 0.600. The van der Waals surface area contributed by atoms with Crippen molar-refractivity contribution in [2.24, 2.45) is 5.41 Å². The fourth-order valence-electron chi connectivity index (χ4n) is 4.63. The molecule has 1 aromatic rings. The molecular weight excluding hydrogens is 333 g/mol. The van der Waals surface area contributed by atoms with Crippen molar-refractivity contribution in [2.45, 2.75) is 38.2 Å². The number of hydrogen-bond acceptors (Lipinski definition) is 4. The molecule has 4 rings (SSSR count). The molecule has 0 aromatic heterocycles. The maximum Gasteiger partial charge on any atom is 0.230 e. The zero-order valence-electron chi connectivity index (χ0n) is 14.9. The van der Waals surface area contributed by atoms with Crippen molar-refractivity contribution in [3.05, 3.63) is 29.6 Å². The van der Waals surface area contributed by atoms with Gasteiger partial charge in [0.05, 0.1) is 17.0 Å². The van der Waals surface area contributed by atoms with Crippen molar-refractivity contribution >= 4 is 5.91 Å². The predicted molar refractivity (Wildman–Crippen MR) is 94.1 cm³/mol. The number of benzene rings is 1. The van der Waals surface area contributed by atoms with Gasteiger partial charge in [-0.25, -0.2) is 4.39 Å². The normalized spacial score (nSPS) is 28.6. The minimum Gasteiger partial charge on any atom is -0.487 e. The van der Waals surface area contributed by atoms with Gasteiger partial charge >= 0.3 is 0 Å². The number of ether oxygens (including phenoxy) is 1. The van der Waals surface area contributed by atoms with E-state index in [-0.39, 0.29) is 22.8 Å². The molecule has 2 bridgehead atoms. The number of carbonyl (C=O) groups is 1. The summed E-state index contributed by atoms with van der Waals surface area (Å²) in [5, 5.41) is 8.81. The van der Waals surface area contributed by atoms with Gasteiger partial charge in [0, 0.05) is 32.5 Å². The minimum absolute atomic E-state index is 0.0922. The van der Waals surface area contributed by atoms with Crippen molar-refractivity contribution in [2.75, 3.05) is 32.7 Å². The summed E-state index contributed by atoms with van der Waals surface area (Å²) in [6, 6.07) is 6.19. The summed E-state index contributed by atoms with van der Waals surface area (Å²) in [7, 11) is 0. The number of fused-ring (bicyclic) bond motifs is 2. The van der Waals surface area contributed by atoms with Crippen LogP contribution in [0, 0.1) is 22.6 Å². The average Bonchev–Trinajstić information content (AvgIpc) is 2.98. The maximum atomic E-state index is 14.0. The van der Waals surface area contributed by atoms with E-state index in [0.29, 0.717) is 31.8 Å². The first kappa shape index (κ1) is 17.3. The third-order valence-corrected chi connectivity index (χ3v) is 6.10. The van der Waals surface area contributed by atoms with Crippen molar-refractivity contribution in [1.82, 2.24) is 9.80 Å². The van der Waals surface area contributed by atoms with E-state index in [0.717, 1.165) is 38.9 Å². The predicted octanol–water partition coefficient (Wildman–Crippen LogP) is 2.55. The number of nitrogens with zero attached hydrogens (tertiary/aromatic N) is 3. The lowest BCUT2D eigenvalue weighted by atomic mass is 9.79. The molecule has 2 unspecified atom stereocenters. The molecule has 3 aliphatic rings. The summed E-state index contributed by atoms with van der Waals surface area (Å²) in [6.07, 6.45) is 4.44. The van der Waals surface area contributed by atoms with Crippen LogP contribution in [0.1, 0.15) is 37.7 Å². The first-order chi connectivity index (χ1) is 12.6. The van der Waals surface area contributed by atoms with Gasteiger partial charge in [0.2, 0.25) is 5.91 Å². The molecule has 3 fully saturated rings. The van der Waals surface area contributed by atoms with Crippen LogP contribution < -0.4 is 4.74 Å². The number of hydrogen-bond donors (Lipinski definition) is 0. The van der Waals surface area contributed by atoms with Gasteiger partial charge < -0.3 is 14.5 Å². The highest BCUT2D eigenvalue weighted by atomic mass is 19.1. The molecule has 0 radical (unpaired) electrons. The Labute approximate surface area is 153 Å². The van der Waals surface area contributed by atoms with Gasteiger partial charge in [0.15, 0.2) is 11.6 Å². The molecule has 0 spiro atoms. The third-order valence-electron chi connectivity index (χ3n) is 6.10. The summed E-state index contributed by atoms with van der Waals surface area (Å²) in [5.74, 6) is -0.0107. The van der Waals surface area contributed by atoms with Crippen LogP contribution in [-0.4, -0.2) is 54.5 Å². The van der Waals surface area contributed by atoms with E-state index >= 15 is 0 Å². The van der Waals surface area contributed by atoms with E-state index in [1.807, 2.05) is 11.0 Å². The highest BCUT2D eigenvalue weighted by Gasteiger charge is 2.48. The molecule has 0 saturated carbocycles. The van der Waals surface area contributed by atoms with Crippen LogP contribution in [0.2, 0.25) is 0 Å². The number of halogens is 1. The van der Waals surface area contributed by atoms with Crippen LogP contribution in [0.5, 0.6) is 5.75 Å². The molecule has 0 N–H and O–H groups in total. The fourth-order valence-corrected chi connectivity index (χ4v) is 4.63. The number of carbonyl (C=O) groups excluding carboxylic acids is 1. The van der Waals surface area contributed by atoms with Gasteiger partial charge in [-0.15, -0.1) is 0 Å². The van der Waals surface area contributed by atoms with E-state index < -0.39 is 5.82 Å².